The van der Waals surface area contributed by atoms with Crippen LogP contribution in [0.3, 0.4) is 0 Å². The maximum atomic E-state index is 12.7. The molecule has 18 heavy (non-hydrogen) atoms. The molecule has 2 rings (SSSR count). The van der Waals surface area contributed by atoms with Crippen molar-refractivity contribution in [1.82, 2.24) is 0 Å². The van der Waals surface area contributed by atoms with Crippen LogP contribution in [0.4, 0.5) is 4.39 Å². The minimum atomic E-state index is -0.981. The van der Waals surface area contributed by atoms with Gasteiger partial charge < -0.3 is 0 Å². The molecule has 92 valence electrons. The van der Waals surface area contributed by atoms with E-state index in [0.29, 0.717) is 5.56 Å². The van der Waals surface area contributed by atoms with E-state index >= 15 is 0 Å². The second-order valence-electron chi connectivity index (χ2n) is 3.57. The van der Waals surface area contributed by atoms with Crippen LogP contribution in [0.2, 0.25) is 0 Å². The standard InChI is InChI=1S/C14H11FO2Te/c1-17-12-6-2-10(3-7-12)14(16)18-13-8-4-11(15)5-9-13/h2-9H,1H3. The number of halogens is 1. The van der Waals surface area contributed by atoms with Crippen LogP contribution in [0.1, 0.15) is 10.4 Å². The molecule has 0 aliphatic carbocycles. The number of benzene rings is 2. The molecule has 0 heterocycles. The molecule has 0 saturated heterocycles. The molecular formula is C14H11FO2Te. The van der Waals surface area contributed by atoms with Gasteiger partial charge in [0.15, 0.2) is 0 Å². The Labute approximate surface area is 115 Å². The van der Waals surface area contributed by atoms with Gasteiger partial charge in [-0.15, -0.1) is 0 Å². The summed E-state index contributed by atoms with van der Waals surface area (Å²) in [7, 11) is 1.59. The van der Waals surface area contributed by atoms with Crippen LogP contribution in [0.15, 0.2) is 48.5 Å². The van der Waals surface area contributed by atoms with Gasteiger partial charge in [0.1, 0.15) is 0 Å². The van der Waals surface area contributed by atoms with Gasteiger partial charge in [0.2, 0.25) is 0 Å². The molecule has 0 N–H and O–H groups in total. The SMILES string of the molecule is COc1ccc(C(=O)[Te]c2ccc(F)cc2)cc1. The van der Waals surface area contributed by atoms with Crippen LogP contribution in [0.5, 0.6) is 5.75 Å². The summed E-state index contributed by atoms with van der Waals surface area (Å²) in [4.78, 5) is 12.0. The molecule has 2 aromatic carbocycles. The Morgan fingerprint density at radius 3 is 2.22 bits per heavy atom. The predicted molar refractivity (Wildman–Crippen MR) is 69.1 cm³/mol. The first-order valence-corrected chi connectivity index (χ1v) is 7.64. The van der Waals surface area contributed by atoms with E-state index in [0.717, 1.165) is 9.36 Å². The normalized spacial score (nSPS) is 10.1. The molecule has 0 amide bonds. The summed E-state index contributed by atoms with van der Waals surface area (Å²) >= 11 is -0.981. The van der Waals surface area contributed by atoms with E-state index in [1.165, 1.54) is 12.1 Å². The van der Waals surface area contributed by atoms with Crippen molar-refractivity contribution in [3.05, 3.63) is 59.9 Å². The third-order valence-electron chi connectivity index (χ3n) is 2.35. The van der Waals surface area contributed by atoms with Gasteiger partial charge in [0, 0.05) is 0 Å². The molecule has 4 heteroatoms. The molecule has 0 aliphatic heterocycles. The maximum absolute atomic E-state index is 12.7. The topological polar surface area (TPSA) is 26.3 Å². The molecule has 0 saturated carbocycles. The number of ether oxygens (including phenoxy) is 1. The monoisotopic (exact) mass is 360 g/mol. The number of carbonyl (C=O) groups is 1. The number of carbonyl (C=O) groups excluding carboxylic acids is 1. The Balaban J connectivity index is 2.09. The van der Waals surface area contributed by atoms with Crippen molar-refractivity contribution >= 4 is 28.4 Å². The summed E-state index contributed by atoms with van der Waals surface area (Å²) in [6, 6.07) is 13.2. The van der Waals surface area contributed by atoms with E-state index in [1.54, 1.807) is 43.5 Å². The zero-order valence-corrected chi connectivity index (χ0v) is 12.1. The van der Waals surface area contributed by atoms with Crippen LogP contribution >= 0.6 is 0 Å². The first-order valence-electron chi connectivity index (χ1n) is 5.31. The van der Waals surface area contributed by atoms with E-state index in [-0.39, 0.29) is 9.65 Å². The van der Waals surface area contributed by atoms with Gasteiger partial charge in [-0.25, -0.2) is 0 Å². The predicted octanol–water partition coefficient (Wildman–Crippen LogP) is 2.00. The summed E-state index contributed by atoms with van der Waals surface area (Å²) in [6.45, 7) is 0. The van der Waals surface area contributed by atoms with E-state index in [2.05, 4.69) is 0 Å². The van der Waals surface area contributed by atoms with Gasteiger partial charge in [0.25, 0.3) is 0 Å². The summed E-state index contributed by atoms with van der Waals surface area (Å²) in [6.07, 6.45) is 0. The van der Waals surface area contributed by atoms with Gasteiger partial charge in [-0.3, -0.25) is 0 Å². The molecule has 0 spiro atoms. The molecule has 0 atom stereocenters. The first kappa shape index (κ1) is 13.1. The van der Waals surface area contributed by atoms with Gasteiger partial charge in [0.05, 0.1) is 0 Å². The van der Waals surface area contributed by atoms with E-state index in [1.807, 2.05) is 0 Å². The van der Waals surface area contributed by atoms with Crippen LogP contribution in [-0.2, 0) is 0 Å². The number of hydrogen-bond acceptors (Lipinski definition) is 2. The van der Waals surface area contributed by atoms with E-state index in [4.69, 9.17) is 4.74 Å². The van der Waals surface area contributed by atoms with Crippen LogP contribution in [0.25, 0.3) is 0 Å². The van der Waals surface area contributed by atoms with Gasteiger partial charge >= 0.3 is 115 Å². The Hall–Kier alpha value is -1.37. The Kier molecular flexibility index (Phi) is 4.35. The molecule has 0 radical (unpaired) electrons. The fourth-order valence-electron chi connectivity index (χ4n) is 1.40. The minimum absolute atomic E-state index is 0.134. The zero-order chi connectivity index (χ0) is 13.0. The number of methoxy groups -OCH3 is 1. The van der Waals surface area contributed by atoms with Crippen LogP contribution in [0, 0.1) is 5.82 Å². The summed E-state index contributed by atoms with van der Waals surface area (Å²) in [5.41, 5.74) is 0.683. The third-order valence-corrected chi connectivity index (χ3v) is 5.00. The van der Waals surface area contributed by atoms with Crippen LogP contribution in [-0.4, -0.2) is 31.9 Å². The Morgan fingerprint density at radius 2 is 1.67 bits per heavy atom. The second kappa shape index (κ2) is 5.99. The number of hydrogen-bond donors (Lipinski definition) is 0. The summed E-state index contributed by atoms with van der Waals surface area (Å²) in [5, 5.41) is 0. The molecule has 2 nitrogen and oxygen atoms in total. The molecule has 0 bridgehead atoms. The average Bonchev–Trinajstić information content (AvgIpc) is 2.41. The van der Waals surface area contributed by atoms with Crippen molar-refractivity contribution in [1.29, 1.82) is 0 Å². The molecule has 0 aromatic heterocycles. The fourth-order valence-corrected chi connectivity index (χ4v) is 3.51. The zero-order valence-electron chi connectivity index (χ0n) is 9.72. The van der Waals surface area contributed by atoms with Crippen molar-refractivity contribution in [2.24, 2.45) is 0 Å². The van der Waals surface area contributed by atoms with Crippen molar-refractivity contribution in [3.8, 4) is 5.75 Å². The first-order chi connectivity index (χ1) is 8.69. The fraction of sp³-hybridized carbons (Fsp3) is 0.0714. The van der Waals surface area contributed by atoms with Gasteiger partial charge in [-0.1, -0.05) is 0 Å². The quantitative estimate of drug-likeness (QED) is 0.782. The van der Waals surface area contributed by atoms with E-state index < -0.39 is 20.9 Å². The van der Waals surface area contributed by atoms with Crippen molar-refractivity contribution in [2.45, 2.75) is 0 Å². The summed E-state index contributed by atoms with van der Waals surface area (Å²) < 4.78 is 18.9. The van der Waals surface area contributed by atoms with E-state index in [9.17, 15) is 9.18 Å². The molecule has 2 aromatic rings. The van der Waals surface area contributed by atoms with Gasteiger partial charge in [-0.2, -0.15) is 0 Å². The second-order valence-corrected chi connectivity index (χ2v) is 6.56. The Morgan fingerprint density at radius 1 is 1.06 bits per heavy atom. The van der Waals surface area contributed by atoms with Crippen molar-refractivity contribution < 1.29 is 13.9 Å². The van der Waals surface area contributed by atoms with Crippen LogP contribution < -0.4 is 8.35 Å². The van der Waals surface area contributed by atoms with Crippen molar-refractivity contribution in [2.75, 3.05) is 7.11 Å². The third kappa shape index (κ3) is 3.32. The summed E-state index contributed by atoms with van der Waals surface area (Å²) in [5.74, 6) is 0.456. The van der Waals surface area contributed by atoms with Crippen molar-refractivity contribution in [3.63, 3.8) is 0 Å². The molecule has 0 unspecified atom stereocenters. The Bertz CT molecular complexity index is 535. The molecule has 0 fully saturated rings. The average molecular weight is 358 g/mol. The molecular weight excluding hydrogens is 347 g/mol. The number of rotatable bonds is 4. The van der Waals surface area contributed by atoms with Gasteiger partial charge in [-0.05, 0) is 0 Å². The molecule has 0 aliphatic rings.